The lowest BCUT2D eigenvalue weighted by Gasteiger charge is -2.32. The molecular weight excluding hydrogens is 244 g/mol. The second-order valence-corrected chi connectivity index (χ2v) is 7.02. The van der Waals surface area contributed by atoms with Crippen molar-refractivity contribution >= 4 is 17.7 Å². The Bertz CT molecular complexity index is 308. The van der Waals surface area contributed by atoms with Crippen molar-refractivity contribution in [1.82, 2.24) is 10.2 Å². The van der Waals surface area contributed by atoms with Gasteiger partial charge >= 0.3 is 0 Å². The van der Waals surface area contributed by atoms with Gasteiger partial charge in [-0.25, -0.2) is 0 Å². The predicted octanol–water partition coefficient (Wildman–Crippen LogP) is 2.46. The molecule has 0 aromatic carbocycles. The van der Waals surface area contributed by atoms with Gasteiger partial charge in [-0.3, -0.25) is 10.1 Å². The molecule has 1 aliphatic carbocycles. The fraction of sp³-hybridized carbons (Fsp3) is 0.929. The molecular formula is C14H26N2OS. The van der Waals surface area contributed by atoms with Crippen molar-refractivity contribution in [2.75, 3.05) is 6.26 Å². The van der Waals surface area contributed by atoms with Gasteiger partial charge in [0.2, 0.25) is 5.91 Å². The van der Waals surface area contributed by atoms with Gasteiger partial charge in [0.05, 0.1) is 12.2 Å². The van der Waals surface area contributed by atoms with Gasteiger partial charge in [-0.05, 0) is 37.9 Å². The van der Waals surface area contributed by atoms with Crippen molar-refractivity contribution < 1.29 is 4.79 Å². The Kier molecular flexibility index (Phi) is 4.59. The summed E-state index contributed by atoms with van der Waals surface area (Å²) < 4.78 is 0. The quantitative estimate of drug-likeness (QED) is 0.852. The van der Waals surface area contributed by atoms with Crippen LogP contribution in [-0.2, 0) is 4.79 Å². The standard InChI is InChI=1S/C14H26N2OS/c1-5-12-14(17)16(13(15-12)9(2)3)10-6-7-11(8-10)18-4/h9-13,15H,5-8H2,1-4H3. The lowest BCUT2D eigenvalue weighted by atomic mass is 10.1. The highest BCUT2D eigenvalue weighted by Gasteiger charge is 2.44. The molecule has 1 amide bonds. The Morgan fingerprint density at radius 1 is 1.44 bits per heavy atom. The second kappa shape index (κ2) is 5.83. The van der Waals surface area contributed by atoms with Crippen LogP contribution in [0.25, 0.3) is 0 Å². The van der Waals surface area contributed by atoms with Gasteiger partial charge in [0.1, 0.15) is 0 Å². The van der Waals surface area contributed by atoms with Crippen LogP contribution in [0, 0.1) is 5.92 Å². The highest BCUT2D eigenvalue weighted by Crippen LogP contribution is 2.35. The Labute approximate surface area is 115 Å². The molecule has 104 valence electrons. The summed E-state index contributed by atoms with van der Waals surface area (Å²) in [6.45, 7) is 6.50. The van der Waals surface area contributed by atoms with Gasteiger partial charge in [-0.1, -0.05) is 20.8 Å². The molecule has 3 nitrogen and oxygen atoms in total. The van der Waals surface area contributed by atoms with Crippen molar-refractivity contribution in [1.29, 1.82) is 0 Å². The molecule has 2 aliphatic rings. The smallest absolute Gasteiger partial charge is 0.241 e. The van der Waals surface area contributed by atoms with E-state index < -0.39 is 0 Å². The Morgan fingerprint density at radius 3 is 2.67 bits per heavy atom. The summed E-state index contributed by atoms with van der Waals surface area (Å²) >= 11 is 1.95. The van der Waals surface area contributed by atoms with E-state index in [9.17, 15) is 4.79 Å². The zero-order valence-electron chi connectivity index (χ0n) is 12.0. The molecule has 0 bridgehead atoms. The molecule has 1 heterocycles. The number of nitrogens with one attached hydrogen (secondary N) is 1. The fourth-order valence-electron chi connectivity index (χ4n) is 3.27. The number of carbonyl (C=O) groups is 1. The molecule has 1 aliphatic heterocycles. The maximum Gasteiger partial charge on any atom is 0.241 e. The molecule has 4 heteroatoms. The molecule has 2 fully saturated rings. The third kappa shape index (κ3) is 2.55. The lowest BCUT2D eigenvalue weighted by molar-refractivity contribution is -0.132. The molecule has 0 aromatic rings. The SMILES string of the molecule is CCC1NC(C(C)C)N(C2CCC(SC)C2)C1=O. The first-order chi connectivity index (χ1) is 8.58. The molecule has 0 spiro atoms. The molecule has 0 radical (unpaired) electrons. The summed E-state index contributed by atoms with van der Waals surface area (Å²) in [7, 11) is 0. The van der Waals surface area contributed by atoms with Crippen LogP contribution in [0.3, 0.4) is 0 Å². The first kappa shape index (κ1) is 14.2. The van der Waals surface area contributed by atoms with E-state index in [1.165, 1.54) is 19.3 Å². The summed E-state index contributed by atoms with van der Waals surface area (Å²) in [5.74, 6) is 0.821. The highest BCUT2D eigenvalue weighted by molar-refractivity contribution is 7.99. The van der Waals surface area contributed by atoms with Crippen molar-refractivity contribution in [2.24, 2.45) is 5.92 Å². The topological polar surface area (TPSA) is 32.3 Å². The first-order valence-corrected chi connectivity index (χ1v) is 8.48. The highest BCUT2D eigenvalue weighted by atomic mass is 32.2. The third-order valence-corrected chi connectivity index (χ3v) is 5.44. The Hall–Kier alpha value is -0.220. The zero-order chi connectivity index (χ0) is 13.3. The monoisotopic (exact) mass is 270 g/mol. The summed E-state index contributed by atoms with van der Waals surface area (Å²) in [4.78, 5) is 14.7. The molecule has 1 saturated heterocycles. The zero-order valence-corrected chi connectivity index (χ0v) is 12.8. The maximum absolute atomic E-state index is 12.5. The van der Waals surface area contributed by atoms with E-state index in [4.69, 9.17) is 0 Å². The molecule has 4 atom stereocenters. The normalized spacial score (nSPS) is 36.9. The van der Waals surface area contributed by atoms with E-state index in [2.05, 4.69) is 37.2 Å². The van der Waals surface area contributed by atoms with Crippen molar-refractivity contribution in [3.63, 3.8) is 0 Å². The van der Waals surface area contributed by atoms with E-state index in [1.54, 1.807) is 0 Å². The number of rotatable bonds is 4. The number of nitrogens with zero attached hydrogens (tertiary/aromatic N) is 1. The average molecular weight is 270 g/mol. The number of amides is 1. The minimum atomic E-state index is 0.0470. The van der Waals surface area contributed by atoms with Crippen molar-refractivity contribution in [3.8, 4) is 0 Å². The van der Waals surface area contributed by atoms with Crippen LogP contribution in [0.4, 0.5) is 0 Å². The Balaban J connectivity index is 2.11. The van der Waals surface area contributed by atoms with Gasteiger partial charge in [0, 0.05) is 11.3 Å². The van der Waals surface area contributed by atoms with E-state index in [0.29, 0.717) is 17.9 Å². The fourth-order valence-corrected chi connectivity index (χ4v) is 4.06. The van der Waals surface area contributed by atoms with Crippen LogP contribution in [-0.4, -0.2) is 40.6 Å². The summed E-state index contributed by atoms with van der Waals surface area (Å²) in [6, 6.07) is 0.511. The summed E-state index contributed by atoms with van der Waals surface area (Å²) in [5.41, 5.74) is 0. The van der Waals surface area contributed by atoms with Gasteiger partial charge in [-0.15, -0.1) is 0 Å². The second-order valence-electron chi connectivity index (χ2n) is 5.89. The van der Waals surface area contributed by atoms with Gasteiger partial charge in [0.25, 0.3) is 0 Å². The average Bonchev–Trinajstić information content (AvgIpc) is 2.92. The molecule has 4 unspecified atom stereocenters. The number of hydrogen-bond donors (Lipinski definition) is 1. The lowest BCUT2D eigenvalue weighted by Crippen LogP contribution is -2.46. The van der Waals surface area contributed by atoms with Crippen LogP contribution in [0.1, 0.15) is 46.5 Å². The van der Waals surface area contributed by atoms with Crippen LogP contribution in [0.15, 0.2) is 0 Å². The van der Waals surface area contributed by atoms with Crippen LogP contribution in [0.5, 0.6) is 0 Å². The van der Waals surface area contributed by atoms with E-state index in [-0.39, 0.29) is 12.2 Å². The van der Waals surface area contributed by atoms with E-state index >= 15 is 0 Å². The van der Waals surface area contributed by atoms with Crippen molar-refractivity contribution in [2.45, 2.75) is 70.0 Å². The van der Waals surface area contributed by atoms with Crippen LogP contribution >= 0.6 is 11.8 Å². The summed E-state index contributed by atoms with van der Waals surface area (Å²) in [5, 5.41) is 4.27. The Morgan fingerprint density at radius 2 is 2.17 bits per heavy atom. The maximum atomic E-state index is 12.5. The number of carbonyl (C=O) groups excluding carboxylic acids is 1. The minimum Gasteiger partial charge on any atom is -0.323 e. The molecule has 1 N–H and O–H groups in total. The molecule has 18 heavy (non-hydrogen) atoms. The largest absolute Gasteiger partial charge is 0.323 e. The number of thioether (sulfide) groups is 1. The van der Waals surface area contributed by atoms with E-state index in [1.807, 2.05) is 11.8 Å². The molecule has 0 aromatic heterocycles. The van der Waals surface area contributed by atoms with E-state index in [0.717, 1.165) is 11.7 Å². The third-order valence-electron chi connectivity index (χ3n) is 4.35. The minimum absolute atomic E-state index is 0.0470. The van der Waals surface area contributed by atoms with Gasteiger partial charge in [-0.2, -0.15) is 11.8 Å². The molecule has 1 saturated carbocycles. The van der Waals surface area contributed by atoms with Crippen LogP contribution in [0.2, 0.25) is 0 Å². The number of hydrogen-bond acceptors (Lipinski definition) is 3. The summed E-state index contributed by atoms with van der Waals surface area (Å²) in [6.07, 6.45) is 6.95. The van der Waals surface area contributed by atoms with Gasteiger partial charge < -0.3 is 4.90 Å². The van der Waals surface area contributed by atoms with Crippen molar-refractivity contribution in [3.05, 3.63) is 0 Å². The molecule has 2 rings (SSSR count). The van der Waals surface area contributed by atoms with Crippen LogP contribution < -0.4 is 5.32 Å². The van der Waals surface area contributed by atoms with Gasteiger partial charge in [0.15, 0.2) is 0 Å². The first-order valence-electron chi connectivity index (χ1n) is 7.19. The predicted molar refractivity (Wildman–Crippen MR) is 77.6 cm³/mol.